The van der Waals surface area contributed by atoms with Crippen LogP contribution >= 0.6 is 15.9 Å². The molecule has 1 heterocycles. The number of nitrogens with zero attached hydrogens (tertiary/aromatic N) is 1. The fourth-order valence-electron chi connectivity index (χ4n) is 3.04. The Morgan fingerprint density at radius 3 is 2.64 bits per heavy atom. The molecular formula is C19H18BrFN2O2. The molecule has 0 aliphatic carbocycles. The molecule has 3 rings (SSSR count). The van der Waals surface area contributed by atoms with Gasteiger partial charge >= 0.3 is 0 Å². The number of hydrogen-bond acceptors (Lipinski definition) is 2. The second-order valence-corrected chi connectivity index (χ2v) is 6.97. The van der Waals surface area contributed by atoms with Crippen LogP contribution in [0.3, 0.4) is 0 Å². The molecule has 1 N–H and O–H groups in total. The third-order valence-corrected chi connectivity index (χ3v) is 4.69. The number of hydrogen-bond donors (Lipinski definition) is 1. The summed E-state index contributed by atoms with van der Waals surface area (Å²) in [6.07, 6.45) is 1.58. The van der Waals surface area contributed by atoms with Crippen LogP contribution in [0.1, 0.15) is 24.5 Å². The fourth-order valence-corrected chi connectivity index (χ4v) is 3.55. The van der Waals surface area contributed by atoms with Crippen molar-refractivity contribution >= 4 is 39.1 Å². The maximum atomic E-state index is 12.9. The van der Waals surface area contributed by atoms with Crippen molar-refractivity contribution in [3.05, 3.63) is 57.8 Å². The van der Waals surface area contributed by atoms with Gasteiger partial charge < -0.3 is 10.2 Å². The van der Waals surface area contributed by atoms with Gasteiger partial charge in [-0.3, -0.25) is 9.59 Å². The van der Waals surface area contributed by atoms with E-state index in [1.165, 1.54) is 19.1 Å². The zero-order valence-electron chi connectivity index (χ0n) is 13.8. The first-order chi connectivity index (χ1) is 11.9. The molecule has 0 atom stereocenters. The van der Waals surface area contributed by atoms with Crippen LogP contribution in [0.15, 0.2) is 40.9 Å². The average molecular weight is 405 g/mol. The molecule has 1 aliphatic rings. The molecule has 0 bridgehead atoms. The molecule has 130 valence electrons. The Balaban J connectivity index is 1.73. The molecule has 2 aromatic rings. The van der Waals surface area contributed by atoms with Crippen molar-refractivity contribution in [2.75, 3.05) is 16.8 Å². The van der Waals surface area contributed by atoms with Crippen LogP contribution in [0.25, 0.3) is 0 Å². The number of carbonyl (C=O) groups excluding carboxylic acids is 2. The van der Waals surface area contributed by atoms with Crippen molar-refractivity contribution in [3.8, 4) is 0 Å². The molecule has 0 aromatic heterocycles. The highest BCUT2D eigenvalue weighted by molar-refractivity contribution is 9.10. The summed E-state index contributed by atoms with van der Waals surface area (Å²) in [7, 11) is 0. The van der Waals surface area contributed by atoms with Crippen molar-refractivity contribution in [1.29, 1.82) is 0 Å². The van der Waals surface area contributed by atoms with E-state index >= 15 is 0 Å². The Bertz CT molecular complexity index is 821. The number of anilines is 2. The second-order valence-electron chi connectivity index (χ2n) is 6.06. The summed E-state index contributed by atoms with van der Waals surface area (Å²) < 4.78 is 13.8. The Labute approximate surface area is 154 Å². The van der Waals surface area contributed by atoms with Crippen LogP contribution in [0.2, 0.25) is 0 Å². The predicted octanol–water partition coefficient (Wildman–Crippen LogP) is 4.07. The lowest BCUT2D eigenvalue weighted by molar-refractivity contribution is -0.117. The van der Waals surface area contributed by atoms with Gasteiger partial charge in [0.25, 0.3) is 0 Å². The standard InChI is InChI=1S/C19H18BrFN2O2/c1-12(24)23-9-8-14-10-15(20)11-17(19(14)23)22-18(25)7-4-13-2-5-16(21)6-3-13/h2-3,5-6,10-11H,4,7-9H2,1H3,(H,22,25). The largest absolute Gasteiger partial charge is 0.324 e. The van der Waals surface area contributed by atoms with E-state index in [-0.39, 0.29) is 24.1 Å². The number of halogens is 2. The summed E-state index contributed by atoms with van der Waals surface area (Å²) in [5.41, 5.74) is 3.37. The van der Waals surface area contributed by atoms with Gasteiger partial charge in [-0.1, -0.05) is 28.1 Å². The highest BCUT2D eigenvalue weighted by Crippen LogP contribution is 2.38. The van der Waals surface area contributed by atoms with Crippen LogP contribution < -0.4 is 10.2 Å². The summed E-state index contributed by atoms with van der Waals surface area (Å²) in [5.74, 6) is -0.467. The minimum Gasteiger partial charge on any atom is -0.324 e. The van der Waals surface area contributed by atoms with E-state index in [1.54, 1.807) is 17.0 Å². The van der Waals surface area contributed by atoms with Crippen molar-refractivity contribution in [2.24, 2.45) is 0 Å². The predicted molar refractivity (Wildman–Crippen MR) is 99.2 cm³/mol. The van der Waals surface area contributed by atoms with E-state index in [1.807, 2.05) is 12.1 Å². The van der Waals surface area contributed by atoms with E-state index in [4.69, 9.17) is 0 Å². The lowest BCUT2D eigenvalue weighted by Crippen LogP contribution is -2.27. The molecule has 0 unspecified atom stereocenters. The van der Waals surface area contributed by atoms with Crippen LogP contribution in [0.4, 0.5) is 15.8 Å². The number of aryl methyl sites for hydroxylation is 1. The molecule has 0 saturated carbocycles. The summed E-state index contributed by atoms with van der Waals surface area (Å²) in [6.45, 7) is 2.15. The maximum absolute atomic E-state index is 12.9. The highest BCUT2D eigenvalue weighted by Gasteiger charge is 2.26. The van der Waals surface area contributed by atoms with Crippen molar-refractivity contribution in [3.63, 3.8) is 0 Å². The van der Waals surface area contributed by atoms with Gasteiger partial charge in [0.1, 0.15) is 5.82 Å². The van der Waals surface area contributed by atoms with E-state index in [2.05, 4.69) is 21.2 Å². The summed E-state index contributed by atoms with van der Waals surface area (Å²) >= 11 is 3.45. The molecule has 0 spiro atoms. The topological polar surface area (TPSA) is 49.4 Å². The third-order valence-electron chi connectivity index (χ3n) is 4.24. The summed E-state index contributed by atoms with van der Waals surface area (Å²) in [5, 5.41) is 2.91. The minimum absolute atomic E-state index is 0.0390. The van der Waals surface area contributed by atoms with Gasteiger partial charge in [-0.15, -0.1) is 0 Å². The molecule has 2 aromatic carbocycles. The molecule has 1 aliphatic heterocycles. The van der Waals surface area contributed by atoms with Crippen LogP contribution in [-0.2, 0) is 22.4 Å². The smallest absolute Gasteiger partial charge is 0.224 e. The number of benzene rings is 2. The first-order valence-corrected chi connectivity index (χ1v) is 8.88. The Morgan fingerprint density at radius 1 is 1.24 bits per heavy atom. The van der Waals surface area contributed by atoms with Gasteiger partial charge in [-0.25, -0.2) is 4.39 Å². The molecule has 25 heavy (non-hydrogen) atoms. The van der Waals surface area contributed by atoms with Crippen LogP contribution in [0.5, 0.6) is 0 Å². The first kappa shape index (κ1) is 17.6. The molecule has 0 radical (unpaired) electrons. The van der Waals surface area contributed by atoms with E-state index in [0.29, 0.717) is 18.7 Å². The van der Waals surface area contributed by atoms with Gasteiger partial charge in [0.05, 0.1) is 11.4 Å². The van der Waals surface area contributed by atoms with Gasteiger partial charge in [-0.05, 0) is 48.2 Å². The Morgan fingerprint density at radius 2 is 1.96 bits per heavy atom. The van der Waals surface area contributed by atoms with Crippen molar-refractivity contribution in [1.82, 2.24) is 0 Å². The van der Waals surface area contributed by atoms with E-state index in [9.17, 15) is 14.0 Å². The zero-order valence-corrected chi connectivity index (χ0v) is 15.4. The minimum atomic E-state index is -0.290. The number of nitrogens with one attached hydrogen (secondary N) is 1. The lowest BCUT2D eigenvalue weighted by atomic mass is 10.1. The molecule has 4 nitrogen and oxygen atoms in total. The van der Waals surface area contributed by atoms with Gasteiger partial charge in [0.15, 0.2) is 0 Å². The zero-order chi connectivity index (χ0) is 18.0. The van der Waals surface area contributed by atoms with E-state index < -0.39 is 0 Å². The number of rotatable bonds is 4. The molecular weight excluding hydrogens is 387 g/mol. The van der Waals surface area contributed by atoms with Crippen molar-refractivity contribution in [2.45, 2.75) is 26.2 Å². The number of carbonyl (C=O) groups is 2. The van der Waals surface area contributed by atoms with Gasteiger partial charge in [0.2, 0.25) is 11.8 Å². The van der Waals surface area contributed by atoms with Crippen molar-refractivity contribution < 1.29 is 14.0 Å². The second kappa shape index (κ2) is 7.35. The van der Waals surface area contributed by atoms with E-state index in [0.717, 1.165) is 27.7 Å². The molecule has 6 heteroatoms. The van der Waals surface area contributed by atoms with Crippen LogP contribution in [0, 0.1) is 5.82 Å². The monoisotopic (exact) mass is 404 g/mol. The molecule has 0 fully saturated rings. The first-order valence-electron chi connectivity index (χ1n) is 8.09. The normalized spacial score (nSPS) is 12.8. The molecule has 2 amide bonds. The number of amides is 2. The Kier molecular flexibility index (Phi) is 5.18. The van der Waals surface area contributed by atoms with Crippen LogP contribution in [-0.4, -0.2) is 18.4 Å². The Hall–Kier alpha value is -2.21. The fraction of sp³-hybridized carbons (Fsp3) is 0.263. The molecule has 0 saturated heterocycles. The third kappa shape index (κ3) is 4.07. The van der Waals surface area contributed by atoms with Gasteiger partial charge in [0, 0.05) is 24.4 Å². The lowest BCUT2D eigenvalue weighted by Gasteiger charge is -2.19. The van der Waals surface area contributed by atoms with Gasteiger partial charge in [-0.2, -0.15) is 0 Å². The average Bonchev–Trinajstić information content (AvgIpc) is 2.98. The number of fused-ring (bicyclic) bond motifs is 1. The highest BCUT2D eigenvalue weighted by atomic mass is 79.9. The summed E-state index contributed by atoms with van der Waals surface area (Å²) in [4.78, 5) is 25.9. The SMILES string of the molecule is CC(=O)N1CCc2cc(Br)cc(NC(=O)CCc3ccc(F)cc3)c21. The maximum Gasteiger partial charge on any atom is 0.224 e. The quantitative estimate of drug-likeness (QED) is 0.834. The summed E-state index contributed by atoms with van der Waals surface area (Å²) in [6, 6.07) is 9.93.